The number of carbonyl (C=O) groups is 6. The number of methoxy groups -OCH3 is 3. The number of piperidine rings is 1. The SMILES string of the molecule is COC1CC(C=C(C)[C@H]2OC(=O)C3CCCCN3C(=O)C(=O)C3(O)O[C@@H](C(OC)CC3C)[C@@H](OC)C[C@@H](C)CC(C)C=C(CCOC(=O)NCc3c(O)ccc4c(-c5ccccc5C(=O)O)c5ccc(=O)cc-5oc34)C(=O)CC(O[Si](C)(C)C(C)(C)C)[C@H]2C)CC[C@H]1O[Si](C)(C)C(C)(C)C. The van der Waals surface area contributed by atoms with Gasteiger partial charge in [-0.2, -0.15) is 0 Å². The number of alkyl carbamates (subject to hydrolysis) is 1. The summed E-state index contributed by atoms with van der Waals surface area (Å²) >= 11 is 0. The van der Waals surface area contributed by atoms with Gasteiger partial charge in [0, 0.05) is 75.1 Å². The number of amides is 2. The van der Waals surface area contributed by atoms with E-state index in [1.54, 1.807) is 44.4 Å². The average molecular weight is 1420 g/mol. The number of phenolic OH excluding ortho intramolecular Hbond substituents is 1. The Labute approximate surface area is 592 Å². The van der Waals surface area contributed by atoms with Gasteiger partial charge in [-0.1, -0.05) is 99.6 Å². The number of aromatic carboxylic acids is 1. The summed E-state index contributed by atoms with van der Waals surface area (Å²) in [7, 11) is -0.282. The number of carboxylic acid groups (broad SMARTS) is 1. The van der Waals surface area contributed by atoms with Gasteiger partial charge < -0.3 is 67.2 Å². The van der Waals surface area contributed by atoms with Crippen LogP contribution in [0, 0.1) is 29.6 Å². The third kappa shape index (κ3) is 18.0. The zero-order chi connectivity index (χ0) is 73.7. The lowest BCUT2D eigenvalue weighted by Gasteiger charge is -2.47. The first-order valence-electron chi connectivity index (χ1n) is 35.6. The van der Waals surface area contributed by atoms with Crippen LogP contribution in [0.25, 0.3) is 33.4 Å². The predicted octanol–water partition coefficient (Wildman–Crippen LogP) is 13.7. The van der Waals surface area contributed by atoms with E-state index in [1.807, 2.05) is 33.8 Å². The van der Waals surface area contributed by atoms with Crippen LogP contribution in [0.15, 0.2) is 87.1 Å². The van der Waals surface area contributed by atoms with Gasteiger partial charge in [0.2, 0.25) is 5.79 Å². The molecular weight excluding hydrogens is 1310 g/mol. The van der Waals surface area contributed by atoms with E-state index < -0.39 is 101 Å². The minimum absolute atomic E-state index is 0.00631. The molecule has 0 radical (unpaired) electrons. The number of nitrogens with zero attached hydrogens (tertiary/aromatic N) is 1. The fraction of sp³-hybridized carbons (Fsp3) is 0.623. The van der Waals surface area contributed by atoms with Crippen molar-refractivity contribution in [2.45, 2.75) is 244 Å². The summed E-state index contributed by atoms with van der Waals surface area (Å²) < 4.78 is 58.2. The second-order valence-corrected chi connectivity index (χ2v) is 41.2. The number of benzene rings is 3. The highest BCUT2D eigenvalue weighted by atomic mass is 28.4. The number of cyclic esters (lactones) is 1. The van der Waals surface area contributed by atoms with E-state index >= 15 is 9.59 Å². The van der Waals surface area contributed by atoms with Crippen molar-refractivity contribution in [3.8, 4) is 28.2 Å². The van der Waals surface area contributed by atoms with Gasteiger partial charge in [0.05, 0.1) is 54.8 Å². The summed E-state index contributed by atoms with van der Waals surface area (Å²) in [5.74, 6) is -9.33. The molecule has 21 nitrogen and oxygen atoms in total. The van der Waals surface area contributed by atoms with Crippen LogP contribution in [0.5, 0.6) is 5.75 Å². The minimum Gasteiger partial charge on any atom is -0.507 e. The van der Waals surface area contributed by atoms with Crippen LogP contribution < -0.4 is 10.7 Å². The molecule has 0 spiro atoms. The number of aliphatic hydroxyl groups is 1. The molecule has 0 aromatic heterocycles. The third-order valence-corrected chi connectivity index (χ3v) is 31.3. The van der Waals surface area contributed by atoms with Crippen LogP contribution in [0.3, 0.4) is 0 Å². The molecule has 3 fully saturated rings. The van der Waals surface area contributed by atoms with Crippen LogP contribution in [-0.4, -0.2) is 161 Å². The number of ketones is 2. The molecule has 4 N–H and O–H groups in total. The Kier molecular flexibility index (Phi) is 25.8. The van der Waals surface area contributed by atoms with Crippen molar-refractivity contribution in [3.05, 3.63) is 99.2 Å². The van der Waals surface area contributed by atoms with E-state index in [9.17, 15) is 39.3 Å². The monoisotopic (exact) mass is 1420 g/mol. The molecule has 8 unspecified atom stereocenters. The van der Waals surface area contributed by atoms with Crippen LogP contribution in [-0.2, 0) is 63.0 Å². The van der Waals surface area contributed by atoms with Gasteiger partial charge in [0.15, 0.2) is 27.8 Å². The Morgan fingerprint density at radius 3 is 2.07 bits per heavy atom. The largest absolute Gasteiger partial charge is 0.507 e. The lowest BCUT2D eigenvalue weighted by molar-refractivity contribution is -0.302. The molecule has 2 aromatic rings. The van der Waals surface area contributed by atoms with Gasteiger partial charge in [0.25, 0.3) is 11.7 Å². The van der Waals surface area contributed by atoms with Gasteiger partial charge >= 0.3 is 18.0 Å². The molecule has 14 atom stereocenters. The van der Waals surface area contributed by atoms with E-state index in [-0.39, 0.29) is 125 Å². The maximum Gasteiger partial charge on any atom is 0.407 e. The number of fused-ring (bicyclic) bond motifs is 5. The standard InChI is InChI=1S/C77H110N2O19Si2/c1-44-35-45(2)37-64(91-13)69-65(92-14)39-47(4)77(89,96-69)70(83)71(84)79-33-22-21-25-57(79)73(87)95-67(46(3)38-49-26-31-60(63(40-49)90-12)97-99(15,16)75(6,7)8)48(5)61(98-100(17,18)76(9,10)11)42-59(82)50(36-44)32-34-93-74(88)78-43-56-58(81)30-29-55-66(52-23-19-20-24-53(52)72(85)86)54-28-27-51(80)41-62(54)94-68(55)56/h19-20,23-24,27-30,36,38,41,44-45,47-49,57,60-61,63-65,67,69,81,89H,21-22,25-26,31-35,37,39-40,42-43H2,1-18H3,(H,78,88)(H,85,86)/t44?,45-,47?,48+,49?,57?,60+,61?,63?,64-,65?,67+,69+,77?/m0/s1. The number of nitrogens with one attached hydrogen (secondary N) is 1. The maximum atomic E-state index is 15.7. The van der Waals surface area contributed by atoms with Crippen molar-refractivity contribution in [1.82, 2.24) is 10.2 Å². The molecule has 2 aromatic carbocycles. The van der Waals surface area contributed by atoms with Gasteiger partial charge in [0.1, 0.15) is 35.3 Å². The summed E-state index contributed by atoms with van der Waals surface area (Å²) in [6, 6.07) is 12.4. The number of hydrogen-bond donors (Lipinski definition) is 4. The highest BCUT2D eigenvalue weighted by molar-refractivity contribution is 6.74. The maximum absolute atomic E-state index is 15.7. The number of carboxylic acids is 1. The summed E-state index contributed by atoms with van der Waals surface area (Å²) in [6.07, 6.45) is 2.50. The number of ether oxygens (including phenoxy) is 6. The van der Waals surface area contributed by atoms with Crippen LogP contribution in [0.4, 0.5) is 4.79 Å². The highest BCUT2D eigenvalue weighted by Crippen LogP contribution is 2.47. The van der Waals surface area contributed by atoms with Gasteiger partial charge in [-0.3, -0.25) is 19.2 Å². The minimum atomic E-state index is -2.81. The Bertz CT molecular complexity index is 3700. The van der Waals surface area contributed by atoms with Crippen molar-refractivity contribution >= 4 is 63.1 Å². The van der Waals surface area contributed by atoms with Gasteiger partial charge in [-0.05, 0) is 166 Å². The fourth-order valence-corrected chi connectivity index (χ4v) is 17.3. The number of carbonyl (C=O) groups excluding carboxylic acids is 5. The normalized spacial score (nSPS) is 28.6. The van der Waals surface area contributed by atoms with Crippen molar-refractivity contribution < 1.29 is 85.8 Å². The van der Waals surface area contributed by atoms with E-state index in [4.69, 9.17) is 41.7 Å². The van der Waals surface area contributed by atoms with Crippen LogP contribution in [0.1, 0.15) is 163 Å². The molecule has 2 aliphatic carbocycles. The number of hydrogen-bond acceptors (Lipinski definition) is 18. The molecule has 4 aliphatic heterocycles. The smallest absolute Gasteiger partial charge is 0.407 e. The first kappa shape index (κ1) is 79.3. The zero-order valence-electron chi connectivity index (χ0n) is 62.1. The lowest BCUT2D eigenvalue weighted by atomic mass is 9.81. The Morgan fingerprint density at radius 1 is 0.770 bits per heavy atom. The number of esters is 1. The van der Waals surface area contributed by atoms with Gasteiger partial charge in [-0.15, -0.1) is 0 Å². The summed E-state index contributed by atoms with van der Waals surface area (Å²) in [6.45, 7) is 30.5. The molecule has 2 bridgehead atoms. The highest BCUT2D eigenvalue weighted by Gasteiger charge is 2.57. The average Bonchev–Trinajstić information content (AvgIpc) is 0.755. The molecule has 1 saturated carbocycles. The molecule has 4 heterocycles. The Morgan fingerprint density at radius 2 is 1.42 bits per heavy atom. The molecular formula is C77H110N2O19Si2. The van der Waals surface area contributed by atoms with Crippen molar-refractivity contribution in [2.24, 2.45) is 29.6 Å². The number of phenols is 1. The fourth-order valence-electron chi connectivity index (χ4n) is 14.5. The molecule has 6 aliphatic rings. The number of Topliss-reactive ketones (excluding diaryl/α,β-unsaturated/α-hetero) is 2. The first-order chi connectivity index (χ1) is 46.8. The van der Waals surface area contributed by atoms with Crippen molar-refractivity contribution in [1.29, 1.82) is 0 Å². The van der Waals surface area contributed by atoms with E-state index in [2.05, 4.69) is 79.1 Å². The van der Waals surface area contributed by atoms with Gasteiger partial charge in [-0.25, -0.2) is 14.4 Å². The van der Waals surface area contributed by atoms with E-state index in [0.29, 0.717) is 65.3 Å². The molecule has 23 heteroatoms. The quantitative estimate of drug-likeness (QED) is 0.0267. The molecule has 2 saturated heterocycles. The third-order valence-electron chi connectivity index (χ3n) is 22.3. The topological polar surface area (TPSA) is 282 Å². The molecule has 550 valence electrons. The second-order valence-electron chi connectivity index (χ2n) is 31.6. The van der Waals surface area contributed by atoms with E-state index in [0.717, 1.165) is 12.8 Å². The molecule has 2 amide bonds. The van der Waals surface area contributed by atoms with Crippen LogP contribution in [0.2, 0.25) is 36.3 Å². The van der Waals surface area contributed by atoms with Crippen LogP contribution >= 0.6 is 0 Å². The lowest BCUT2D eigenvalue weighted by Crippen LogP contribution is -2.64. The summed E-state index contributed by atoms with van der Waals surface area (Å²) in [4.78, 5) is 101. The van der Waals surface area contributed by atoms with Crippen molar-refractivity contribution in [3.63, 3.8) is 0 Å². The molecule has 100 heavy (non-hydrogen) atoms. The summed E-state index contributed by atoms with van der Waals surface area (Å²) in [5, 5.41) is 37.0. The molecule has 8 rings (SSSR count). The Balaban J connectivity index is 1.17. The second kappa shape index (κ2) is 32.5. The predicted molar refractivity (Wildman–Crippen MR) is 386 cm³/mol. The number of aromatic hydroxyl groups is 1. The first-order valence-corrected chi connectivity index (χ1v) is 41.4. The summed E-state index contributed by atoms with van der Waals surface area (Å²) in [5.41, 5.74) is 2.12. The number of allylic oxidation sites excluding steroid dienone is 2. The number of rotatable bonds is 16. The Hall–Kier alpha value is -6.42. The van der Waals surface area contributed by atoms with E-state index in [1.165, 1.54) is 43.4 Å². The van der Waals surface area contributed by atoms with Crippen molar-refractivity contribution in [2.75, 3.05) is 34.5 Å². The zero-order valence-corrected chi connectivity index (χ0v) is 64.1.